The largest absolute Gasteiger partial charge is 0.471 e. The fraction of sp³-hybridized carbons (Fsp3) is 0.706. The zero-order chi connectivity index (χ0) is 17.0. The molecule has 0 aromatic carbocycles. The van der Waals surface area contributed by atoms with E-state index in [0.717, 1.165) is 19.5 Å². The topological polar surface area (TPSA) is 67.4 Å². The molecule has 1 fully saturated rings. The van der Waals surface area contributed by atoms with Crippen molar-refractivity contribution >= 4 is 5.91 Å². The first-order valence-corrected chi connectivity index (χ1v) is 8.35. The number of ether oxygens (including phenoxy) is 1. The van der Waals surface area contributed by atoms with Crippen molar-refractivity contribution in [3.8, 4) is 5.88 Å². The molecule has 1 unspecified atom stereocenters. The van der Waals surface area contributed by atoms with E-state index < -0.39 is 5.60 Å². The lowest BCUT2D eigenvalue weighted by molar-refractivity contribution is 0.0913. The molecule has 0 spiro atoms. The number of nitrogens with one attached hydrogen (secondary N) is 1. The standard InChI is InChI=1S/C17H28N4O2/c1-6-21-9-7-8-13(21)10-19-15(22)14-11-18-12(2)20-16(14)23-17(3,4)5/h11,13H,6-10H2,1-5H3,(H,19,22). The van der Waals surface area contributed by atoms with Gasteiger partial charge in [-0.25, -0.2) is 4.98 Å². The predicted molar refractivity (Wildman–Crippen MR) is 89.8 cm³/mol. The summed E-state index contributed by atoms with van der Waals surface area (Å²) in [6, 6.07) is 0.419. The monoisotopic (exact) mass is 320 g/mol. The molecule has 2 rings (SSSR count). The average molecular weight is 320 g/mol. The van der Waals surface area contributed by atoms with Gasteiger partial charge in [-0.05, 0) is 53.6 Å². The van der Waals surface area contributed by atoms with Crippen molar-refractivity contribution in [2.75, 3.05) is 19.6 Å². The van der Waals surface area contributed by atoms with E-state index in [4.69, 9.17) is 4.74 Å². The fourth-order valence-corrected chi connectivity index (χ4v) is 2.82. The van der Waals surface area contributed by atoms with Crippen LogP contribution in [0.1, 0.15) is 56.7 Å². The molecule has 1 aliphatic heterocycles. The zero-order valence-corrected chi connectivity index (χ0v) is 14.8. The highest BCUT2D eigenvalue weighted by Gasteiger charge is 2.25. The summed E-state index contributed by atoms with van der Waals surface area (Å²) < 4.78 is 5.83. The van der Waals surface area contributed by atoms with Crippen LogP contribution < -0.4 is 10.1 Å². The molecule has 0 radical (unpaired) electrons. The second-order valence-corrected chi connectivity index (χ2v) is 6.99. The Balaban J connectivity index is 2.06. The van der Waals surface area contributed by atoms with Gasteiger partial charge in [0.2, 0.25) is 5.88 Å². The molecule has 1 atom stereocenters. The maximum absolute atomic E-state index is 12.5. The van der Waals surface area contributed by atoms with Crippen molar-refractivity contribution in [3.63, 3.8) is 0 Å². The van der Waals surface area contributed by atoms with Gasteiger partial charge in [0.1, 0.15) is 17.0 Å². The summed E-state index contributed by atoms with van der Waals surface area (Å²) in [4.78, 5) is 23.4. The smallest absolute Gasteiger partial charge is 0.258 e. The van der Waals surface area contributed by atoms with Crippen LogP contribution >= 0.6 is 0 Å². The number of likely N-dealkylation sites (tertiary alicyclic amines) is 1. The number of amides is 1. The maximum Gasteiger partial charge on any atom is 0.258 e. The molecule has 1 N–H and O–H groups in total. The van der Waals surface area contributed by atoms with Gasteiger partial charge in [-0.2, -0.15) is 4.98 Å². The third kappa shape index (κ3) is 4.89. The summed E-state index contributed by atoms with van der Waals surface area (Å²) in [5, 5.41) is 3.01. The Hall–Kier alpha value is -1.69. The lowest BCUT2D eigenvalue weighted by atomic mass is 10.2. The van der Waals surface area contributed by atoms with Crippen molar-refractivity contribution in [1.82, 2.24) is 20.2 Å². The maximum atomic E-state index is 12.5. The van der Waals surface area contributed by atoms with Gasteiger partial charge in [0, 0.05) is 18.8 Å². The average Bonchev–Trinajstić information content (AvgIpc) is 2.90. The van der Waals surface area contributed by atoms with Crippen LogP contribution in [0, 0.1) is 6.92 Å². The molecular weight excluding hydrogens is 292 g/mol. The highest BCUT2D eigenvalue weighted by Crippen LogP contribution is 2.21. The Bertz CT molecular complexity index is 554. The second-order valence-electron chi connectivity index (χ2n) is 6.99. The van der Waals surface area contributed by atoms with Crippen LogP contribution in [0.25, 0.3) is 0 Å². The quantitative estimate of drug-likeness (QED) is 0.900. The molecule has 1 aromatic rings. The van der Waals surface area contributed by atoms with Crippen molar-refractivity contribution in [1.29, 1.82) is 0 Å². The number of aryl methyl sites for hydroxylation is 1. The van der Waals surface area contributed by atoms with E-state index in [0.29, 0.717) is 29.9 Å². The van der Waals surface area contributed by atoms with E-state index in [-0.39, 0.29) is 5.91 Å². The molecule has 6 nitrogen and oxygen atoms in total. The zero-order valence-electron chi connectivity index (χ0n) is 14.8. The minimum Gasteiger partial charge on any atom is -0.471 e. The fourth-order valence-electron chi connectivity index (χ4n) is 2.82. The minimum atomic E-state index is -0.416. The van der Waals surface area contributed by atoms with Crippen LogP contribution in [0.4, 0.5) is 0 Å². The van der Waals surface area contributed by atoms with E-state index in [9.17, 15) is 4.79 Å². The van der Waals surface area contributed by atoms with Crippen LogP contribution in [-0.4, -0.2) is 52.1 Å². The summed E-state index contributed by atoms with van der Waals surface area (Å²) in [6.07, 6.45) is 3.87. The number of likely N-dealkylation sites (N-methyl/N-ethyl adjacent to an activating group) is 1. The van der Waals surface area contributed by atoms with Gasteiger partial charge in [-0.3, -0.25) is 9.69 Å². The molecule has 6 heteroatoms. The van der Waals surface area contributed by atoms with Gasteiger partial charge in [-0.15, -0.1) is 0 Å². The molecule has 23 heavy (non-hydrogen) atoms. The number of carbonyl (C=O) groups excluding carboxylic acids is 1. The second kappa shape index (κ2) is 7.25. The Labute approximate surface area is 138 Å². The van der Waals surface area contributed by atoms with E-state index in [2.05, 4.69) is 27.1 Å². The van der Waals surface area contributed by atoms with Crippen LogP contribution in [0.15, 0.2) is 6.20 Å². The number of hydrogen-bond donors (Lipinski definition) is 1. The lowest BCUT2D eigenvalue weighted by Crippen LogP contribution is -2.40. The molecule has 1 amide bonds. The summed E-state index contributed by atoms with van der Waals surface area (Å²) in [7, 11) is 0. The SMILES string of the molecule is CCN1CCCC1CNC(=O)c1cnc(C)nc1OC(C)(C)C. The summed E-state index contributed by atoms with van der Waals surface area (Å²) in [5.74, 6) is 0.766. The number of hydrogen-bond acceptors (Lipinski definition) is 5. The number of nitrogens with zero attached hydrogens (tertiary/aromatic N) is 3. The van der Waals surface area contributed by atoms with Crippen molar-refractivity contribution < 1.29 is 9.53 Å². The molecule has 1 aliphatic rings. The van der Waals surface area contributed by atoms with E-state index in [1.54, 1.807) is 13.1 Å². The summed E-state index contributed by atoms with van der Waals surface area (Å²) in [5.41, 5.74) is -0.0214. The highest BCUT2D eigenvalue weighted by molar-refractivity contribution is 5.96. The van der Waals surface area contributed by atoms with Crippen molar-refractivity contribution in [2.24, 2.45) is 0 Å². The predicted octanol–water partition coefficient (Wildman–Crippen LogP) is 2.18. The first-order valence-electron chi connectivity index (χ1n) is 8.35. The molecule has 2 heterocycles. The lowest BCUT2D eigenvalue weighted by Gasteiger charge is -2.24. The first kappa shape index (κ1) is 17.7. The van der Waals surface area contributed by atoms with Crippen LogP contribution in [-0.2, 0) is 0 Å². The Kier molecular flexibility index (Phi) is 5.57. The Morgan fingerprint density at radius 3 is 2.87 bits per heavy atom. The third-order valence-corrected chi connectivity index (χ3v) is 3.93. The van der Waals surface area contributed by atoms with Crippen molar-refractivity contribution in [3.05, 3.63) is 17.6 Å². The van der Waals surface area contributed by atoms with Crippen LogP contribution in [0.3, 0.4) is 0 Å². The van der Waals surface area contributed by atoms with E-state index in [1.807, 2.05) is 20.8 Å². The molecular formula is C17H28N4O2. The molecule has 1 aromatic heterocycles. The molecule has 0 saturated carbocycles. The summed E-state index contributed by atoms with van der Waals surface area (Å²) in [6.45, 7) is 12.5. The minimum absolute atomic E-state index is 0.174. The van der Waals surface area contributed by atoms with Gasteiger partial charge in [0.15, 0.2) is 0 Å². The number of rotatable bonds is 5. The van der Waals surface area contributed by atoms with Gasteiger partial charge in [0.05, 0.1) is 0 Å². The molecule has 128 valence electrons. The molecule has 0 aliphatic carbocycles. The van der Waals surface area contributed by atoms with Crippen molar-refractivity contribution in [2.45, 2.75) is 59.1 Å². The Morgan fingerprint density at radius 2 is 2.22 bits per heavy atom. The third-order valence-electron chi connectivity index (χ3n) is 3.93. The van der Waals surface area contributed by atoms with E-state index in [1.165, 1.54) is 6.42 Å². The molecule has 0 bridgehead atoms. The number of aromatic nitrogens is 2. The van der Waals surface area contributed by atoms with E-state index >= 15 is 0 Å². The number of carbonyl (C=O) groups is 1. The normalized spacial score (nSPS) is 18.9. The van der Waals surface area contributed by atoms with Gasteiger partial charge < -0.3 is 10.1 Å². The van der Waals surface area contributed by atoms with Gasteiger partial charge in [-0.1, -0.05) is 6.92 Å². The first-order chi connectivity index (χ1) is 10.8. The molecule has 1 saturated heterocycles. The van der Waals surface area contributed by atoms with Crippen LogP contribution in [0.2, 0.25) is 0 Å². The van der Waals surface area contributed by atoms with Gasteiger partial charge >= 0.3 is 0 Å². The van der Waals surface area contributed by atoms with Gasteiger partial charge in [0.25, 0.3) is 5.91 Å². The Morgan fingerprint density at radius 1 is 1.48 bits per heavy atom. The van der Waals surface area contributed by atoms with Crippen LogP contribution in [0.5, 0.6) is 5.88 Å². The summed E-state index contributed by atoms with van der Waals surface area (Å²) >= 11 is 0. The highest BCUT2D eigenvalue weighted by atomic mass is 16.5.